The maximum atomic E-state index is 12.4. The average Bonchev–Trinajstić information content (AvgIpc) is 3.38. The van der Waals surface area contributed by atoms with Crippen LogP contribution in [-0.2, 0) is 4.79 Å². The van der Waals surface area contributed by atoms with Gasteiger partial charge in [-0.05, 0) is 48.2 Å². The number of nitrogens with one attached hydrogen (secondary N) is 2. The first-order valence-corrected chi connectivity index (χ1v) is 9.76. The number of aromatic amines is 1. The van der Waals surface area contributed by atoms with Gasteiger partial charge in [-0.25, -0.2) is 4.98 Å². The molecular formula is C22H16N4O3S. The van der Waals surface area contributed by atoms with E-state index in [0.717, 1.165) is 11.0 Å². The number of methoxy groups -OCH3 is 1. The van der Waals surface area contributed by atoms with Crippen LogP contribution in [0, 0.1) is 11.3 Å². The van der Waals surface area contributed by atoms with Crippen LogP contribution in [0.1, 0.15) is 5.76 Å². The number of rotatable bonds is 6. The van der Waals surface area contributed by atoms with Gasteiger partial charge >= 0.3 is 0 Å². The highest BCUT2D eigenvalue weighted by Gasteiger charge is 2.12. The zero-order valence-corrected chi connectivity index (χ0v) is 16.7. The minimum atomic E-state index is -0.534. The molecule has 4 rings (SSSR count). The van der Waals surface area contributed by atoms with Crippen molar-refractivity contribution >= 4 is 40.5 Å². The summed E-state index contributed by atoms with van der Waals surface area (Å²) in [5, 5.41) is 13.4. The molecule has 2 aromatic carbocycles. The Balaban J connectivity index is 1.48. The van der Waals surface area contributed by atoms with Crippen LogP contribution in [0.15, 0.2) is 80.9 Å². The van der Waals surface area contributed by atoms with Crippen LogP contribution in [0.25, 0.3) is 17.1 Å². The maximum absolute atomic E-state index is 12.4. The first kappa shape index (κ1) is 19.4. The van der Waals surface area contributed by atoms with Gasteiger partial charge in [0, 0.05) is 17.8 Å². The van der Waals surface area contributed by atoms with Crippen molar-refractivity contribution in [1.82, 2.24) is 9.97 Å². The number of hydrogen-bond donors (Lipinski definition) is 2. The largest absolute Gasteiger partial charge is 0.497 e. The van der Waals surface area contributed by atoms with Crippen LogP contribution in [0.2, 0.25) is 0 Å². The second kappa shape index (κ2) is 8.59. The Bertz CT molecular complexity index is 1250. The van der Waals surface area contributed by atoms with Crippen LogP contribution in [-0.4, -0.2) is 23.0 Å². The van der Waals surface area contributed by atoms with Crippen molar-refractivity contribution in [2.75, 3.05) is 12.4 Å². The highest BCUT2D eigenvalue weighted by atomic mass is 32.2. The van der Waals surface area contributed by atoms with Crippen molar-refractivity contribution in [2.45, 2.75) is 10.2 Å². The number of imidazole rings is 1. The molecule has 0 spiro atoms. The Hall–Kier alpha value is -3.96. The molecule has 0 aliphatic heterocycles. The molecular weight excluding hydrogens is 400 g/mol. The van der Waals surface area contributed by atoms with Crippen LogP contribution in [0.4, 0.5) is 5.69 Å². The molecule has 2 aromatic heterocycles. The normalized spacial score (nSPS) is 11.3. The number of nitriles is 1. The van der Waals surface area contributed by atoms with Crippen molar-refractivity contribution in [2.24, 2.45) is 0 Å². The predicted molar refractivity (Wildman–Crippen MR) is 114 cm³/mol. The number of H-pyrrole nitrogens is 1. The molecule has 8 heteroatoms. The average molecular weight is 416 g/mol. The first-order chi connectivity index (χ1) is 14.6. The van der Waals surface area contributed by atoms with E-state index in [2.05, 4.69) is 15.3 Å². The van der Waals surface area contributed by atoms with Crippen molar-refractivity contribution in [3.63, 3.8) is 0 Å². The van der Waals surface area contributed by atoms with E-state index in [1.54, 1.807) is 43.5 Å². The van der Waals surface area contributed by atoms with Gasteiger partial charge in [0.25, 0.3) is 5.91 Å². The summed E-state index contributed by atoms with van der Waals surface area (Å²) in [6, 6.07) is 20.0. The zero-order valence-electron chi connectivity index (χ0n) is 15.9. The highest BCUT2D eigenvalue weighted by Crippen LogP contribution is 2.29. The Morgan fingerprint density at radius 2 is 2.10 bits per heavy atom. The molecule has 0 saturated heterocycles. The lowest BCUT2D eigenvalue weighted by Crippen LogP contribution is -2.13. The van der Waals surface area contributed by atoms with Gasteiger partial charge in [-0.1, -0.05) is 18.2 Å². The van der Waals surface area contributed by atoms with E-state index >= 15 is 0 Å². The standard InChI is InChI=1S/C22H16N4O3S/c1-28-16-6-4-5-15(12-16)24-21(27)14(13-23)11-17-9-10-20(29-17)30-22-25-18-7-2-3-8-19(18)26-22/h2-12H,1H3,(H,24,27)(H,25,26)/b14-11-. The molecule has 4 aromatic rings. The molecule has 0 aliphatic carbocycles. The van der Waals surface area contributed by atoms with Crippen LogP contribution < -0.4 is 10.1 Å². The number of carbonyl (C=O) groups is 1. The van der Waals surface area contributed by atoms with E-state index in [4.69, 9.17) is 9.15 Å². The molecule has 7 nitrogen and oxygen atoms in total. The van der Waals surface area contributed by atoms with E-state index in [9.17, 15) is 10.1 Å². The summed E-state index contributed by atoms with van der Waals surface area (Å²) in [5.74, 6) is 0.466. The quantitative estimate of drug-likeness (QED) is 0.344. The summed E-state index contributed by atoms with van der Waals surface area (Å²) in [6.45, 7) is 0. The molecule has 0 aliphatic rings. The van der Waals surface area contributed by atoms with Crippen molar-refractivity contribution in [1.29, 1.82) is 5.26 Å². The number of furan rings is 1. The summed E-state index contributed by atoms with van der Waals surface area (Å²) in [5.41, 5.74) is 2.26. The monoisotopic (exact) mass is 416 g/mol. The Labute approximate surface area is 176 Å². The fourth-order valence-corrected chi connectivity index (χ4v) is 3.50. The first-order valence-electron chi connectivity index (χ1n) is 8.94. The topological polar surface area (TPSA) is 104 Å². The second-order valence-corrected chi connectivity index (χ2v) is 7.17. The van der Waals surface area contributed by atoms with Gasteiger partial charge in [0.1, 0.15) is 23.2 Å². The fourth-order valence-electron chi connectivity index (χ4n) is 2.73. The number of hydrogen-bond acceptors (Lipinski definition) is 6. The summed E-state index contributed by atoms with van der Waals surface area (Å²) >= 11 is 1.32. The lowest BCUT2D eigenvalue weighted by atomic mass is 10.2. The van der Waals surface area contributed by atoms with Gasteiger partial charge in [-0.15, -0.1) is 0 Å². The predicted octanol–water partition coefficient (Wildman–Crippen LogP) is 4.86. The van der Waals surface area contributed by atoms with Gasteiger partial charge in [-0.3, -0.25) is 4.79 Å². The molecule has 0 bridgehead atoms. The molecule has 2 heterocycles. The highest BCUT2D eigenvalue weighted by molar-refractivity contribution is 7.99. The number of aromatic nitrogens is 2. The third-order valence-corrected chi connectivity index (χ3v) is 4.95. The summed E-state index contributed by atoms with van der Waals surface area (Å²) in [6.07, 6.45) is 1.40. The summed E-state index contributed by atoms with van der Waals surface area (Å²) < 4.78 is 10.9. The minimum Gasteiger partial charge on any atom is -0.497 e. The van der Waals surface area contributed by atoms with Crippen LogP contribution in [0.5, 0.6) is 5.75 Å². The number of amides is 1. The van der Waals surface area contributed by atoms with Crippen LogP contribution in [0.3, 0.4) is 0 Å². The van der Waals surface area contributed by atoms with Crippen molar-refractivity contribution < 1.29 is 13.9 Å². The number of anilines is 1. The number of benzene rings is 2. The lowest BCUT2D eigenvalue weighted by Gasteiger charge is -2.06. The van der Waals surface area contributed by atoms with E-state index in [-0.39, 0.29) is 5.57 Å². The van der Waals surface area contributed by atoms with Gasteiger partial charge in [0.2, 0.25) is 0 Å². The molecule has 0 atom stereocenters. The van der Waals surface area contributed by atoms with E-state index < -0.39 is 5.91 Å². The molecule has 148 valence electrons. The molecule has 0 unspecified atom stereocenters. The van der Waals surface area contributed by atoms with Gasteiger partial charge < -0.3 is 19.5 Å². The van der Waals surface area contributed by atoms with E-state index in [1.165, 1.54) is 17.8 Å². The molecule has 0 fully saturated rings. The van der Waals surface area contributed by atoms with Gasteiger partial charge in [0.15, 0.2) is 10.2 Å². The van der Waals surface area contributed by atoms with Crippen LogP contribution >= 0.6 is 11.8 Å². The number of nitrogens with zero attached hydrogens (tertiary/aromatic N) is 2. The minimum absolute atomic E-state index is 0.0764. The Kier molecular flexibility index (Phi) is 5.54. The van der Waals surface area contributed by atoms with Gasteiger partial charge in [-0.2, -0.15) is 5.26 Å². The Morgan fingerprint density at radius 3 is 2.90 bits per heavy atom. The molecule has 0 saturated carbocycles. The molecule has 2 N–H and O–H groups in total. The maximum Gasteiger partial charge on any atom is 0.266 e. The third kappa shape index (κ3) is 4.37. The van der Waals surface area contributed by atoms with Crippen molar-refractivity contribution in [3.05, 3.63) is 72.0 Å². The SMILES string of the molecule is COc1cccc(NC(=O)/C(C#N)=C\c2ccc(Sc3nc4ccccc4[nH]3)o2)c1. The summed E-state index contributed by atoms with van der Waals surface area (Å²) in [4.78, 5) is 20.1. The fraction of sp³-hybridized carbons (Fsp3) is 0.0455. The lowest BCUT2D eigenvalue weighted by molar-refractivity contribution is -0.112. The number of ether oxygens (including phenoxy) is 1. The second-order valence-electron chi connectivity index (χ2n) is 6.17. The van der Waals surface area contributed by atoms with E-state index in [1.807, 2.05) is 30.3 Å². The number of fused-ring (bicyclic) bond motifs is 1. The molecule has 30 heavy (non-hydrogen) atoms. The number of carbonyl (C=O) groups excluding carboxylic acids is 1. The van der Waals surface area contributed by atoms with E-state index in [0.29, 0.717) is 27.4 Å². The molecule has 0 radical (unpaired) electrons. The van der Waals surface area contributed by atoms with Crippen molar-refractivity contribution in [3.8, 4) is 11.8 Å². The third-order valence-electron chi connectivity index (χ3n) is 4.15. The number of para-hydroxylation sites is 2. The Morgan fingerprint density at radius 1 is 1.23 bits per heavy atom. The summed E-state index contributed by atoms with van der Waals surface area (Å²) in [7, 11) is 1.54. The van der Waals surface area contributed by atoms with Gasteiger partial charge in [0.05, 0.1) is 18.1 Å². The molecule has 1 amide bonds. The smallest absolute Gasteiger partial charge is 0.266 e. The zero-order chi connectivity index (χ0) is 20.9.